The molecule has 0 aliphatic carbocycles. The number of nitrogens with one attached hydrogen (secondary N) is 2. The SMILES string of the molecule is NC(=O)CCC(N)C(=O)NC(CO)C(=O)NC(CC(N)=O)C(=O)O. The highest BCUT2D eigenvalue weighted by molar-refractivity contribution is 5.93. The van der Waals surface area contributed by atoms with E-state index >= 15 is 0 Å². The minimum absolute atomic E-state index is 0.0691. The fourth-order valence-electron chi connectivity index (χ4n) is 1.58. The van der Waals surface area contributed by atoms with Crippen LogP contribution in [0.4, 0.5) is 0 Å². The molecule has 0 aromatic rings. The topological polar surface area (TPSA) is 228 Å². The summed E-state index contributed by atoms with van der Waals surface area (Å²) in [5.41, 5.74) is 15.3. The Morgan fingerprint density at radius 3 is 1.88 bits per heavy atom. The molecule has 24 heavy (non-hydrogen) atoms. The molecule has 0 radical (unpaired) electrons. The van der Waals surface area contributed by atoms with E-state index in [1.807, 2.05) is 5.32 Å². The number of aliphatic carboxylic acids is 1. The van der Waals surface area contributed by atoms with E-state index in [1.54, 1.807) is 0 Å². The summed E-state index contributed by atoms with van der Waals surface area (Å²) >= 11 is 0. The number of carbonyl (C=O) groups is 5. The van der Waals surface area contributed by atoms with Gasteiger partial charge in [-0.25, -0.2) is 4.79 Å². The van der Waals surface area contributed by atoms with Crippen molar-refractivity contribution in [2.45, 2.75) is 37.4 Å². The van der Waals surface area contributed by atoms with Crippen molar-refractivity contribution in [1.29, 1.82) is 0 Å². The average Bonchev–Trinajstić information content (AvgIpc) is 2.48. The van der Waals surface area contributed by atoms with Gasteiger partial charge in [0.25, 0.3) is 0 Å². The molecule has 0 aromatic carbocycles. The molecule has 0 spiro atoms. The van der Waals surface area contributed by atoms with Crippen molar-refractivity contribution in [3.05, 3.63) is 0 Å². The first kappa shape index (κ1) is 21.3. The average molecular weight is 347 g/mol. The molecule has 4 amide bonds. The molecule has 0 heterocycles. The van der Waals surface area contributed by atoms with Crippen LogP contribution in [0.1, 0.15) is 19.3 Å². The van der Waals surface area contributed by atoms with Crippen molar-refractivity contribution < 1.29 is 34.2 Å². The van der Waals surface area contributed by atoms with Crippen molar-refractivity contribution in [2.24, 2.45) is 17.2 Å². The van der Waals surface area contributed by atoms with Gasteiger partial charge in [-0.1, -0.05) is 0 Å². The minimum Gasteiger partial charge on any atom is -0.480 e. The summed E-state index contributed by atoms with van der Waals surface area (Å²) in [6, 6.07) is -4.25. The van der Waals surface area contributed by atoms with Gasteiger partial charge in [-0.3, -0.25) is 19.2 Å². The first-order chi connectivity index (χ1) is 11.1. The van der Waals surface area contributed by atoms with Gasteiger partial charge in [0, 0.05) is 6.42 Å². The monoisotopic (exact) mass is 347 g/mol. The van der Waals surface area contributed by atoms with Crippen LogP contribution in [-0.4, -0.2) is 64.5 Å². The van der Waals surface area contributed by atoms with Crippen molar-refractivity contribution in [1.82, 2.24) is 10.6 Å². The molecular formula is C12H21N5O7. The Labute approximate surface area is 136 Å². The minimum atomic E-state index is -1.61. The normalized spacial score (nSPS) is 14.1. The second-order valence-electron chi connectivity index (χ2n) is 4.93. The molecule has 0 bridgehead atoms. The maximum Gasteiger partial charge on any atom is 0.326 e. The van der Waals surface area contributed by atoms with Crippen molar-refractivity contribution in [3.8, 4) is 0 Å². The molecule has 10 N–H and O–H groups in total. The van der Waals surface area contributed by atoms with E-state index in [0.717, 1.165) is 0 Å². The zero-order valence-electron chi connectivity index (χ0n) is 12.7. The molecule has 0 saturated carbocycles. The Kier molecular flexibility index (Phi) is 8.97. The highest BCUT2D eigenvalue weighted by Gasteiger charge is 2.28. The van der Waals surface area contributed by atoms with Crippen LogP contribution in [0.25, 0.3) is 0 Å². The van der Waals surface area contributed by atoms with Gasteiger partial charge in [-0.05, 0) is 6.42 Å². The number of primary amides is 2. The smallest absolute Gasteiger partial charge is 0.326 e. The number of carboxylic acid groups (broad SMARTS) is 1. The first-order valence-electron chi connectivity index (χ1n) is 6.85. The lowest BCUT2D eigenvalue weighted by atomic mass is 10.1. The summed E-state index contributed by atoms with van der Waals surface area (Å²) in [6.07, 6.45) is -0.879. The number of amides is 4. The molecule has 0 rings (SSSR count). The van der Waals surface area contributed by atoms with E-state index in [9.17, 15) is 24.0 Å². The van der Waals surface area contributed by atoms with Gasteiger partial charge < -0.3 is 38.0 Å². The zero-order chi connectivity index (χ0) is 18.9. The van der Waals surface area contributed by atoms with Gasteiger partial charge in [-0.15, -0.1) is 0 Å². The number of hydrogen-bond donors (Lipinski definition) is 7. The number of carbonyl (C=O) groups excluding carboxylic acids is 4. The van der Waals surface area contributed by atoms with Crippen LogP contribution < -0.4 is 27.8 Å². The van der Waals surface area contributed by atoms with Crippen LogP contribution in [0, 0.1) is 0 Å². The van der Waals surface area contributed by atoms with Gasteiger partial charge in [-0.2, -0.15) is 0 Å². The number of hydrogen-bond acceptors (Lipinski definition) is 7. The quantitative estimate of drug-likeness (QED) is 0.192. The molecule has 0 aliphatic heterocycles. The van der Waals surface area contributed by atoms with E-state index < -0.39 is 60.8 Å². The summed E-state index contributed by atoms with van der Waals surface area (Å²) in [6.45, 7) is -0.844. The number of nitrogens with two attached hydrogens (primary N) is 3. The number of aliphatic hydroxyl groups excluding tert-OH is 1. The van der Waals surface area contributed by atoms with Crippen LogP contribution in [0.3, 0.4) is 0 Å². The Balaban J connectivity index is 4.73. The molecule has 0 saturated heterocycles. The van der Waals surface area contributed by atoms with Crippen molar-refractivity contribution in [3.63, 3.8) is 0 Å². The number of aliphatic hydroxyl groups is 1. The second-order valence-corrected chi connectivity index (χ2v) is 4.93. The molecule has 136 valence electrons. The van der Waals surface area contributed by atoms with E-state index in [2.05, 4.69) is 5.32 Å². The predicted molar refractivity (Wildman–Crippen MR) is 78.8 cm³/mol. The van der Waals surface area contributed by atoms with Crippen LogP contribution >= 0.6 is 0 Å². The Morgan fingerprint density at radius 2 is 1.46 bits per heavy atom. The van der Waals surface area contributed by atoms with Crippen LogP contribution in [-0.2, 0) is 24.0 Å². The van der Waals surface area contributed by atoms with Crippen LogP contribution in [0.5, 0.6) is 0 Å². The maximum absolute atomic E-state index is 11.9. The predicted octanol–water partition coefficient (Wildman–Crippen LogP) is -4.50. The maximum atomic E-state index is 11.9. The zero-order valence-corrected chi connectivity index (χ0v) is 12.7. The largest absolute Gasteiger partial charge is 0.480 e. The van der Waals surface area contributed by atoms with Gasteiger partial charge >= 0.3 is 5.97 Å². The molecule has 3 unspecified atom stereocenters. The van der Waals surface area contributed by atoms with Crippen LogP contribution in [0.2, 0.25) is 0 Å². The van der Waals surface area contributed by atoms with Crippen LogP contribution in [0.15, 0.2) is 0 Å². The van der Waals surface area contributed by atoms with Crippen molar-refractivity contribution >= 4 is 29.6 Å². The molecule has 0 aliphatic rings. The number of carboxylic acids is 1. The standard InChI is InChI=1S/C12H21N5O7/c13-5(1-2-8(14)19)10(21)17-7(4-18)11(22)16-6(12(23)24)3-9(15)20/h5-7,18H,1-4,13H2,(H2,14,19)(H2,15,20)(H,16,22)(H,17,21)(H,23,24). The van der Waals surface area contributed by atoms with Gasteiger partial charge in [0.1, 0.15) is 12.1 Å². The number of rotatable bonds is 11. The molecule has 12 heteroatoms. The van der Waals surface area contributed by atoms with Gasteiger partial charge in [0.05, 0.1) is 19.1 Å². The lowest BCUT2D eigenvalue weighted by molar-refractivity contribution is -0.144. The van der Waals surface area contributed by atoms with Gasteiger partial charge in [0.2, 0.25) is 23.6 Å². The lowest BCUT2D eigenvalue weighted by Crippen LogP contribution is -2.56. The highest BCUT2D eigenvalue weighted by Crippen LogP contribution is 1.97. The summed E-state index contributed by atoms with van der Waals surface area (Å²) in [5.74, 6) is -5.01. The van der Waals surface area contributed by atoms with E-state index in [0.29, 0.717) is 0 Å². The molecular weight excluding hydrogens is 326 g/mol. The highest BCUT2D eigenvalue weighted by atomic mass is 16.4. The molecule has 0 aromatic heterocycles. The van der Waals surface area contributed by atoms with Gasteiger partial charge in [0.15, 0.2) is 0 Å². The molecule has 12 nitrogen and oxygen atoms in total. The third kappa shape index (κ3) is 8.05. The van der Waals surface area contributed by atoms with E-state index in [1.165, 1.54) is 0 Å². The second kappa shape index (κ2) is 10.1. The fraction of sp³-hybridized carbons (Fsp3) is 0.583. The lowest BCUT2D eigenvalue weighted by Gasteiger charge is -2.21. The third-order valence-corrected chi connectivity index (χ3v) is 2.87. The van der Waals surface area contributed by atoms with Crippen molar-refractivity contribution in [2.75, 3.05) is 6.61 Å². The molecule has 0 fully saturated rings. The molecule has 3 atom stereocenters. The van der Waals surface area contributed by atoms with E-state index in [4.69, 9.17) is 27.4 Å². The summed E-state index contributed by atoms with van der Waals surface area (Å²) in [5, 5.41) is 22.1. The first-order valence-corrected chi connectivity index (χ1v) is 6.85. The van der Waals surface area contributed by atoms with E-state index in [-0.39, 0.29) is 12.8 Å². The summed E-state index contributed by atoms with van der Waals surface area (Å²) in [4.78, 5) is 55.9. The Bertz CT molecular complexity index is 510. The Morgan fingerprint density at radius 1 is 0.917 bits per heavy atom. The summed E-state index contributed by atoms with van der Waals surface area (Å²) in [7, 11) is 0. The fourth-order valence-corrected chi connectivity index (χ4v) is 1.58. The summed E-state index contributed by atoms with van der Waals surface area (Å²) < 4.78 is 0. The Hall–Kier alpha value is -2.73. The third-order valence-electron chi connectivity index (χ3n) is 2.87.